The third kappa shape index (κ3) is 3.85. The van der Waals surface area contributed by atoms with E-state index < -0.39 is 27.9 Å². The van der Waals surface area contributed by atoms with Gasteiger partial charge in [0.05, 0.1) is 12.0 Å². The van der Waals surface area contributed by atoms with Gasteiger partial charge >= 0.3 is 5.97 Å². The highest BCUT2D eigenvalue weighted by Crippen LogP contribution is 2.40. The number of carbonyl (C=O) groups is 1. The second-order valence-electron chi connectivity index (χ2n) is 7.28. The van der Waals surface area contributed by atoms with Crippen molar-refractivity contribution in [1.29, 1.82) is 0 Å². The molecule has 4 rings (SSSR count). The minimum atomic E-state index is -4.19. The predicted octanol–water partition coefficient (Wildman–Crippen LogP) is 4.53. The number of hydrogen-bond donors (Lipinski definition) is 1. The highest BCUT2D eigenvalue weighted by atomic mass is 35.5. The molecule has 0 aliphatic carbocycles. The highest BCUT2D eigenvalue weighted by molar-refractivity contribution is 7.89. The number of fused-ring (bicyclic) bond motifs is 1. The Kier molecular flexibility index (Phi) is 5.94. The summed E-state index contributed by atoms with van der Waals surface area (Å²) in [5.41, 5.74) is 1.81. The van der Waals surface area contributed by atoms with E-state index in [2.05, 4.69) is 0 Å². The van der Waals surface area contributed by atoms with Gasteiger partial charge in [0.1, 0.15) is 11.6 Å². The monoisotopic (exact) mass is 475 g/mol. The lowest BCUT2D eigenvalue weighted by Crippen LogP contribution is -2.44. The summed E-state index contributed by atoms with van der Waals surface area (Å²) in [6, 6.07) is 14.1. The molecule has 9 heteroatoms. The third-order valence-electron chi connectivity index (χ3n) is 5.50. The van der Waals surface area contributed by atoms with Gasteiger partial charge in [-0.25, -0.2) is 12.8 Å². The van der Waals surface area contributed by atoms with Crippen LogP contribution in [0.5, 0.6) is 5.75 Å². The molecule has 1 heterocycles. The number of sulfonamides is 1. The fourth-order valence-corrected chi connectivity index (χ4v) is 5.63. The largest absolute Gasteiger partial charge is 0.496 e. The second kappa shape index (κ2) is 8.54. The van der Waals surface area contributed by atoms with Gasteiger partial charge in [-0.2, -0.15) is 4.31 Å². The van der Waals surface area contributed by atoms with Crippen molar-refractivity contribution in [3.63, 3.8) is 0 Å². The van der Waals surface area contributed by atoms with Gasteiger partial charge in [-0.1, -0.05) is 35.9 Å². The molecule has 1 aliphatic heterocycles. The van der Waals surface area contributed by atoms with Gasteiger partial charge in [0.15, 0.2) is 6.04 Å². The first kappa shape index (κ1) is 22.3. The number of methoxy groups -OCH3 is 1. The molecule has 0 fully saturated rings. The Morgan fingerprint density at radius 3 is 2.22 bits per heavy atom. The molecule has 1 atom stereocenters. The molecule has 1 unspecified atom stereocenters. The molecule has 0 bridgehead atoms. The molecule has 32 heavy (non-hydrogen) atoms. The lowest BCUT2D eigenvalue weighted by atomic mass is 9.93. The highest BCUT2D eigenvalue weighted by Gasteiger charge is 2.43. The molecule has 0 spiro atoms. The van der Waals surface area contributed by atoms with Gasteiger partial charge < -0.3 is 9.84 Å². The molecule has 3 aromatic rings. The summed E-state index contributed by atoms with van der Waals surface area (Å²) in [6.07, 6.45) is 0.0320. The molecule has 0 radical (unpaired) electrons. The first-order valence-corrected chi connectivity index (χ1v) is 11.5. The molecule has 0 saturated heterocycles. The smallest absolute Gasteiger partial charge is 0.326 e. The van der Waals surface area contributed by atoms with Gasteiger partial charge in [-0.05, 0) is 59.5 Å². The fourth-order valence-electron chi connectivity index (χ4n) is 3.95. The molecule has 3 aromatic carbocycles. The Morgan fingerprint density at radius 2 is 1.66 bits per heavy atom. The minimum Gasteiger partial charge on any atom is -0.496 e. The maximum atomic E-state index is 14.4. The molecule has 1 aliphatic rings. The summed E-state index contributed by atoms with van der Waals surface area (Å²) in [7, 11) is -2.86. The van der Waals surface area contributed by atoms with E-state index in [1.165, 1.54) is 31.4 Å². The molecule has 0 amide bonds. The van der Waals surface area contributed by atoms with Crippen LogP contribution < -0.4 is 4.74 Å². The van der Waals surface area contributed by atoms with Gasteiger partial charge in [0, 0.05) is 17.1 Å². The van der Waals surface area contributed by atoms with Gasteiger partial charge in [0.2, 0.25) is 10.0 Å². The van der Waals surface area contributed by atoms with Crippen LogP contribution in [0, 0.1) is 5.82 Å². The van der Waals surface area contributed by atoms with E-state index in [9.17, 15) is 22.7 Å². The first-order chi connectivity index (χ1) is 15.2. The standard InChI is InChI=1S/C23H19ClFNO5S/c1-31-20-11-10-19(25)18-12-13-26(22(21(18)20)23(27)28)32(29,30)17-8-4-15(5-9-17)14-2-6-16(24)7-3-14/h2-11,22H,12-13H2,1H3,(H,27,28). The van der Waals surface area contributed by atoms with E-state index in [-0.39, 0.29) is 34.7 Å². The van der Waals surface area contributed by atoms with Crippen LogP contribution in [-0.4, -0.2) is 37.5 Å². The SMILES string of the molecule is COc1ccc(F)c2c1C(C(=O)O)N(S(=O)(=O)c1ccc(-c3ccc(Cl)cc3)cc1)CC2. The molecule has 0 saturated carbocycles. The van der Waals surface area contributed by atoms with Gasteiger partial charge in [-0.15, -0.1) is 0 Å². The Bertz CT molecular complexity index is 1280. The van der Waals surface area contributed by atoms with Crippen molar-refractivity contribution in [3.05, 3.63) is 82.6 Å². The molecule has 166 valence electrons. The second-order valence-corrected chi connectivity index (χ2v) is 9.61. The van der Waals surface area contributed by atoms with Crippen LogP contribution in [0.25, 0.3) is 11.1 Å². The Balaban J connectivity index is 1.74. The van der Waals surface area contributed by atoms with Crippen LogP contribution in [0.1, 0.15) is 17.2 Å². The summed E-state index contributed by atoms with van der Waals surface area (Å²) in [5.74, 6) is -1.86. The maximum absolute atomic E-state index is 14.4. The van der Waals surface area contributed by atoms with Crippen molar-refractivity contribution in [2.45, 2.75) is 17.4 Å². The molecule has 6 nitrogen and oxygen atoms in total. The van der Waals surface area contributed by atoms with Crippen molar-refractivity contribution in [1.82, 2.24) is 4.31 Å². The zero-order valence-electron chi connectivity index (χ0n) is 17.0. The van der Waals surface area contributed by atoms with Gasteiger partial charge in [0.25, 0.3) is 0 Å². The lowest BCUT2D eigenvalue weighted by Gasteiger charge is -2.34. The normalized spacial score (nSPS) is 16.4. The van der Waals surface area contributed by atoms with E-state index in [1.807, 2.05) is 12.1 Å². The molecule has 0 aromatic heterocycles. The minimum absolute atomic E-state index is 0.0209. The Morgan fingerprint density at radius 1 is 1.06 bits per heavy atom. The maximum Gasteiger partial charge on any atom is 0.326 e. The predicted molar refractivity (Wildman–Crippen MR) is 118 cm³/mol. The zero-order valence-corrected chi connectivity index (χ0v) is 18.5. The third-order valence-corrected chi connectivity index (χ3v) is 7.63. The van der Waals surface area contributed by atoms with Crippen LogP contribution >= 0.6 is 11.6 Å². The summed E-state index contributed by atoms with van der Waals surface area (Å²) >= 11 is 5.91. The number of aliphatic carboxylic acids is 1. The van der Waals surface area contributed by atoms with Crippen molar-refractivity contribution in [3.8, 4) is 16.9 Å². The summed E-state index contributed by atoms with van der Waals surface area (Å²) in [4.78, 5) is 12.1. The first-order valence-electron chi connectivity index (χ1n) is 9.70. The fraction of sp³-hybridized carbons (Fsp3) is 0.174. The van der Waals surface area contributed by atoms with E-state index in [0.717, 1.165) is 15.4 Å². The number of carboxylic acid groups (broad SMARTS) is 1. The van der Waals surface area contributed by atoms with Gasteiger partial charge in [-0.3, -0.25) is 4.79 Å². The van der Waals surface area contributed by atoms with Crippen LogP contribution in [0.15, 0.2) is 65.6 Å². The van der Waals surface area contributed by atoms with Crippen molar-refractivity contribution < 1.29 is 27.4 Å². The number of hydrogen-bond acceptors (Lipinski definition) is 4. The van der Waals surface area contributed by atoms with E-state index in [4.69, 9.17) is 16.3 Å². The number of carboxylic acids is 1. The summed E-state index contributed by atoms with van der Waals surface area (Å²) in [5, 5.41) is 10.5. The van der Waals surface area contributed by atoms with Crippen LogP contribution in [0.2, 0.25) is 5.02 Å². The quantitative estimate of drug-likeness (QED) is 0.586. The van der Waals surface area contributed by atoms with E-state index in [1.54, 1.807) is 24.3 Å². The number of halogens is 2. The number of ether oxygens (including phenoxy) is 1. The van der Waals surface area contributed by atoms with Crippen molar-refractivity contribution in [2.24, 2.45) is 0 Å². The van der Waals surface area contributed by atoms with Crippen LogP contribution in [0.3, 0.4) is 0 Å². The zero-order chi connectivity index (χ0) is 23.0. The average Bonchev–Trinajstić information content (AvgIpc) is 2.79. The molecular weight excluding hydrogens is 457 g/mol. The summed E-state index contributed by atoms with van der Waals surface area (Å²) < 4.78 is 47.3. The van der Waals surface area contributed by atoms with Crippen molar-refractivity contribution in [2.75, 3.05) is 13.7 Å². The van der Waals surface area contributed by atoms with Crippen molar-refractivity contribution >= 4 is 27.6 Å². The number of rotatable bonds is 5. The Hall–Kier alpha value is -2.94. The van der Waals surface area contributed by atoms with Crippen LogP contribution in [0.4, 0.5) is 4.39 Å². The van der Waals surface area contributed by atoms with E-state index >= 15 is 0 Å². The molecule has 1 N–H and O–H groups in total. The molecular formula is C23H19ClFNO5S. The van der Waals surface area contributed by atoms with E-state index in [0.29, 0.717) is 5.02 Å². The Labute approximate surface area is 189 Å². The number of nitrogens with zero attached hydrogens (tertiary/aromatic N) is 1. The summed E-state index contributed by atoms with van der Waals surface area (Å²) in [6.45, 7) is -0.171. The topological polar surface area (TPSA) is 83.9 Å². The number of benzene rings is 3. The lowest BCUT2D eigenvalue weighted by molar-refractivity contribution is -0.142. The van der Waals surface area contributed by atoms with Crippen LogP contribution in [-0.2, 0) is 21.2 Å². The average molecular weight is 476 g/mol.